The van der Waals surface area contributed by atoms with Crippen LogP contribution in [-0.2, 0) is 14.3 Å². The third-order valence-corrected chi connectivity index (χ3v) is 4.59. The van der Waals surface area contributed by atoms with Crippen LogP contribution in [0.3, 0.4) is 0 Å². The second-order valence-corrected chi connectivity index (χ2v) is 6.98. The van der Waals surface area contributed by atoms with Crippen molar-refractivity contribution in [2.45, 2.75) is 38.5 Å². The molecule has 1 amide bonds. The molecule has 0 spiro atoms. The molecule has 0 saturated heterocycles. The first-order valence-electron chi connectivity index (χ1n) is 7.62. The van der Waals surface area contributed by atoms with Crippen LogP contribution < -0.4 is 10.6 Å². The molecule has 0 aliphatic heterocycles. The molecule has 1 atom stereocenters. The molecule has 2 aromatic rings. The number of nitrogens with one attached hydrogen (secondary N) is 2. The van der Waals surface area contributed by atoms with E-state index in [1.54, 1.807) is 11.4 Å². The summed E-state index contributed by atoms with van der Waals surface area (Å²) in [4.78, 5) is 27.4. The Morgan fingerprint density at radius 2 is 1.92 bits per heavy atom. The van der Waals surface area contributed by atoms with Gasteiger partial charge in [-0.15, -0.1) is 0 Å². The lowest BCUT2D eigenvalue weighted by atomic mass is 10.0. The van der Waals surface area contributed by atoms with Gasteiger partial charge in [0.2, 0.25) is 5.91 Å². The molecule has 0 aliphatic rings. The normalized spacial score (nSPS) is 14.2. The molecule has 0 fully saturated rings. The maximum absolute atomic E-state index is 13.7. The standard InChI is InChI=1S/C16H18F3N3O3S/c1-8(2)10-5-6-11-12(7-10)26-14(20-11)22-15(13(24)25-4,16(17,18)19)21-9(3)23/h5-8H,1-4H3,(H,20,22)(H,21,23)/t15-/m0/s1. The van der Waals surface area contributed by atoms with Crippen molar-refractivity contribution in [3.05, 3.63) is 23.8 Å². The van der Waals surface area contributed by atoms with Gasteiger partial charge in [-0.05, 0) is 23.6 Å². The lowest BCUT2D eigenvalue weighted by molar-refractivity contribution is -0.206. The van der Waals surface area contributed by atoms with Crippen molar-refractivity contribution in [3.63, 3.8) is 0 Å². The van der Waals surface area contributed by atoms with E-state index in [4.69, 9.17) is 0 Å². The monoisotopic (exact) mass is 389 g/mol. The largest absolute Gasteiger partial charge is 0.466 e. The average Bonchev–Trinajstić information content (AvgIpc) is 2.92. The molecule has 1 aromatic carbocycles. The van der Waals surface area contributed by atoms with E-state index in [1.807, 2.05) is 31.3 Å². The fourth-order valence-corrected chi connectivity index (χ4v) is 3.29. The van der Waals surface area contributed by atoms with Crippen LogP contribution in [0.4, 0.5) is 18.3 Å². The maximum atomic E-state index is 13.7. The number of alkyl halides is 3. The Bertz CT molecular complexity index is 835. The van der Waals surface area contributed by atoms with E-state index in [1.165, 1.54) is 0 Å². The predicted molar refractivity (Wildman–Crippen MR) is 92.0 cm³/mol. The van der Waals surface area contributed by atoms with Crippen LogP contribution in [0.2, 0.25) is 0 Å². The number of carbonyl (C=O) groups is 2. The quantitative estimate of drug-likeness (QED) is 0.605. The van der Waals surface area contributed by atoms with Crippen LogP contribution in [0, 0.1) is 0 Å². The van der Waals surface area contributed by atoms with E-state index in [2.05, 4.69) is 9.72 Å². The van der Waals surface area contributed by atoms with Crippen LogP contribution >= 0.6 is 11.3 Å². The van der Waals surface area contributed by atoms with E-state index >= 15 is 0 Å². The third kappa shape index (κ3) is 3.74. The number of hydrogen-bond acceptors (Lipinski definition) is 6. The second kappa shape index (κ2) is 7.10. The number of rotatable bonds is 5. The highest BCUT2D eigenvalue weighted by Crippen LogP contribution is 2.36. The van der Waals surface area contributed by atoms with Crippen molar-refractivity contribution in [3.8, 4) is 0 Å². The number of thiazole rings is 1. The summed E-state index contributed by atoms with van der Waals surface area (Å²) < 4.78 is 46.0. The molecule has 0 radical (unpaired) electrons. The van der Waals surface area contributed by atoms with Gasteiger partial charge in [0, 0.05) is 6.92 Å². The number of anilines is 1. The van der Waals surface area contributed by atoms with E-state index in [0.29, 0.717) is 10.2 Å². The highest BCUT2D eigenvalue weighted by molar-refractivity contribution is 7.22. The minimum Gasteiger partial charge on any atom is -0.466 e. The van der Waals surface area contributed by atoms with Gasteiger partial charge in [0.1, 0.15) is 0 Å². The smallest absolute Gasteiger partial charge is 0.442 e. The van der Waals surface area contributed by atoms with Crippen molar-refractivity contribution in [1.82, 2.24) is 10.3 Å². The second-order valence-electron chi connectivity index (χ2n) is 5.95. The number of nitrogens with zero attached hydrogens (tertiary/aromatic N) is 1. The van der Waals surface area contributed by atoms with Crippen molar-refractivity contribution >= 4 is 38.6 Å². The van der Waals surface area contributed by atoms with Gasteiger partial charge in [0.15, 0.2) is 5.13 Å². The Kier molecular flexibility index (Phi) is 5.45. The topological polar surface area (TPSA) is 80.3 Å². The Hall–Kier alpha value is -2.36. The van der Waals surface area contributed by atoms with E-state index in [-0.39, 0.29) is 11.0 Å². The van der Waals surface area contributed by atoms with Crippen molar-refractivity contribution in [1.29, 1.82) is 0 Å². The summed E-state index contributed by atoms with van der Waals surface area (Å²) >= 11 is 0.946. The molecule has 0 unspecified atom stereocenters. The molecule has 2 N–H and O–H groups in total. The number of esters is 1. The molecule has 0 bridgehead atoms. The maximum Gasteiger partial charge on any atom is 0.442 e. The molecule has 6 nitrogen and oxygen atoms in total. The highest BCUT2D eigenvalue weighted by atomic mass is 32.1. The molecule has 1 heterocycles. The van der Waals surface area contributed by atoms with E-state index in [0.717, 1.165) is 30.9 Å². The Balaban J connectivity index is 2.52. The number of benzene rings is 1. The summed E-state index contributed by atoms with van der Waals surface area (Å²) in [5.74, 6) is -2.51. The summed E-state index contributed by atoms with van der Waals surface area (Å²) in [6.07, 6.45) is -5.16. The number of methoxy groups -OCH3 is 1. The molecule has 1 aromatic heterocycles. The minimum atomic E-state index is -5.16. The fraction of sp³-hybridized carbons (Fsp3) is 0.438. The Morgan fingerprint density at radius 1 is 1.27 bits per heavy atom. The molecule has 10 heteroatoms. The molecular formula is C16H18F3N3O3S. The van der Waals surface area contributed by atoms with Crippen LogP contribution in [0.1, 0.15) is 32.3 Å². The molecular weight excluding hydrogens is 371 g/mol. The van der Waals surface area contributed by atoms with Gasteiger partial charge in [-0.2, -0.15) is 13.2 Å². The van der Waals surface area contributed by atoms with Gasteiger partial charge in [0.25, 0.3) is 0 Å². The van der Waals surface area contributed by atoms with Crippen LogP contribution in [0.15, 0.2) is 18.2 Å². The predicted octanol–water partition coefficient (Wildman–Crippen LogP) is 3.40. The first kappa shape index (κ1) is 20.0. The summed E-state index contributed by atoms with van der Waals surface area (Å²) in [6.45, 7) is 4.85. The van der Waals surface area contributed by atoms with Gasteiger partial charge in [-0.3, -0.25) is 4.79 Å². The SMILES string of the molecule is COC(=O)[C@](NC(C)=O)(Nc1nc2ccc(C(C)C)cc2s1)C(F)(F)F. The first-order chi connectivity index (χ1) is 12.0. The number of aromatic nitrogens is 1. The lowest BCUT2D eigenvalue weighted by Crippen LogP contribution is -2.69. The zero-order valence-electron chi connectivity index (χ0n) is 14.5. The number of fused-ring (bicyclic) bond motifs is 1. The van der Waals surface area contributed by atoms with Crippen LogP contribution in [-0.4, -0.2) is 35.8 Å². The van der Waals surface area contributed by atoms with Gasteiger partial charge < -0.3 is 15.4 Å². The van der Waals surface area contributed by atoms with Gasteiger partial charge in [-0.25, -0.2) is 9.78 Å². The Morgan fingerprint density at radius 3 is 2.42 bits per heavy atom. The summed E-state index contributed by atoms with van der Waals surface area (Å²) in [6, 6.07) is 5.36. The van der Waals surface area contributed by atoms with Crippen molar-refractivity contribution < 1.29 is 27.5 Å². The molecule has 0 saturated carbocycles. The van der Waals surface area contributed by atoms with Crippen LogP contribution in [0.25, 0.3) is 10.2 Å². The molecule has 142 valence electrons. The van der Waals surface area contributed by atoms with Gasteiger partial charge in [-0.1, -0.05) is 31.3 Å². The van der Waals surface area contributed by atoms with Crippen molar-refractivity contribution in [2.24, 2.45) is 0 Å². The molecule has 26 heavy (non-hydrogen) atoms. The third-order valence-electron chi connectivity index (χ3n) is 3.65. The summed E-state index contributed by atoms with van der Waals surface area (Å²) in [5.41, 5.74) is -1.95. The van der Waals surface area contributed by atoms with Crippen LogP contribution in [0.5, 0.6) is 0 Å². The number of ether oxygens (including phenoxy) is 1. The molecule has 2 rings (SSSR count). The minimum absolute atomic E-state index is 0.169. The average molecular weight is 389 g/mol. The number of amides is 1. The summed E-state index contributed by atoms with van der Waals surface area (Å²) in [5, 5.41) is 3.48. The fourth-order valence-electron chi connectivity index (χ4n) is 2.32. The number of carbonyl (C=O) groups excluding carboxylic acids is 2. The molecule has 0 aliphatic carbocycles. The first-order valence-corrected chi connectivity index (χ1v) is 8.44. The zero-order valence-corrected chi connectivity index (χ0v) is 15.3. The summed E-state index contributed by atoms with van der Waals surface area (Å²) in [7, 11) is 0.805. The Labute approximate surface area is 151 Å². The van der Waals surface area contributed by atoms with E-state index in [9.17, 15) is 22.8 Å². The number of hydrogen-bond donors (Lipinski definition) is 2. The van der Waals surface area contributed by atoms with E-state index < -0.39 is 23.7 Å². The van der Waals surface area contributed by atoms with Gasteiger partial charge in [0.05, 0.1) is 17.3 Å². The highest BCUT2D eigenvalue weighted by Gasteiger charge is 2.63. The lowest BCUT2D eigenvalue weighted by Gasteiger charge is -2.33. The zero-order chi connectivity index (χ0) is 19.7. The number of halogens is 3. The van der Waals surface area contributed by atoms with Gasteiger partial charge >= 0.3 is 17.8 Å². The van der Waals surface area contributed by atoms with Crippen molar-refractivity contribution in [2.75, 3.05) is 12.4 Å².